The molecule has 0 saturated heterocycles. The van der Waals surface area contributed by atoms with E-state index in [0.29, 0.717) is 18.3 Å². The van der Waals surface area contributed by atoms with E-state index in [1.807, 2.05) is 0 Å². The van der Waals surface area contributed by atoms with Crippen molar-refractivity contribution in [3.8, 4) is 0 Å². The first-order valence-electron chi connectivity index (χ1n) is 5.92. The van der Waals surface area contributed by atoms with E-state index in [0.717, 1.165) is 12.8 Å². The molecule has 0 aliphatic heterocycles. The van der Waals surface area contributed by atoms with Crippen molar-refractivity contribution in [3.63, 3.8) is 0 Å². The lowest BCUT2D eigenvalue weighted by Crippen LogP contribution is -2.52. The summed E-state index contributed by atoms with van der Waals surface area (Å²) in [5, 5.41) is 0. The number of hydrogen-bond acceptors (Lipinski definition) is 3. The van der Waals surface area contributed by atoms with Crippen LogP contribution < -0.4 is 0 Å². The smallest absolute Gasteiger partial charge is 0.148 e. The van der Waals surface area contributed by atoms with Crippen LogP contribution in [0.3, 0.4) is 0 Å². The second kappa shape index (κ2) is 3.56. The van der Waals surface area contributed by atoms with Gasteiger partial charge >= 0.3 is 0 Å². The monoisotopic (exact) mass is 244 g/mol. The lowest BCUT2D eigenvalue weighted by Gasteiger charge is -2.54. The van der Waals surface area contributed by atoms with Gasteiger partial charge in [0.2, 0.25) is 0 Å². The molecule has 0 N–H and O–H groups in total. The lowest BCUT2D eigenvalue weighted by atomic mass is 9.50. The van der Waals surface area contributed by atoms with Crippen molar-refractivity contribution in [1.29, 1.82) is 0 Å². The van der Waals surface area contributed by atoms with Crippen LogP contribution in [0, 0.1) is 23.2 Å². The van der Waals surface area contributed by atoms with Crippen molar-refractivity contribution in [3.05, 3.63) is 0 Å². The molecule has 0 spiro atoms. The van der Waals surface area contributed by atoms with E-state index < -0.39 is 9.84 Å². The maximum absolute atomic E-state index is 12.0. The molecule has 92 valence electrons. The topological polar surface area (TPSA) is 51.2 Å². The molecule has 0 radical (unpaired) electrons. The zero-order valence-corrected chi connectivity index (χ0v) is 11.0. The molecule has 4 heteroatoms. The second-order valence-corrected chi connectivity index (χ2v) is 8.27. The standard InChI is InChI=1S/C12H20O3S/c1-12(2)9-5-4-8(9)6-11(13)10(12)7-16(3,14)15/h8-10H,4-7H2,1-3H3. The van der Waals surface area contributed by atoms with Crippen molar-refractivity contribution in [1.82, 2.24) is 0 Å². The van der Waals surface area contributed by atoms with Crippen LogP contribution in [0.2, 0.25) is 0 Å². The van der Waals surface area contributed by atoms with Crippen LogP contribution in [-0.2, 0) is 14.6 Å². The summed E-state index contributed by atoms with van der Waals surface area (Å²) in [7, 11) is -3.07. The predicted molar refractivity (Wildman–Crippen MR) is 62.8 cm³/mol. The molecular weight excluding hydrogens is 224 g/mol. The number of Topliss-reactive ketones (excluding diaryl/α,β-unsaturated/α-hetero) is 1. The van der Waals surface area contributed by atoms with Crippen LogP contribution in [0.1, 0.15) is 33.1 Å². The Morgan fingerprint density at radius 2 is 1.94 bits per heavy atom. The Bertz CT molecular complexity index is 408. The molecule has 2 fully saturated rings. The van der Waals surface area contributed by atoms with E-state index in [4.69, 9.17) is 0 Å². The fraction of sp³-hybridized carbons (Fsp3) is 0.917. The Labute approximate surface area is 97.5 Å². The fourth-order valence-corrected chi connectivity index (χ4v) is 4.70. The van der Waals surface area contributed by atoms with Gasteiger partial charge in [0, 0.05) is 18.6 Å². The number of carbonyl (C=O) groups is 1. The first-order valence-corrected chi connectivity index (χ1v) is 7.98. The summed E-state index contributed by atoms with van der Waals surface area (Å²) in [5.74, 6) is 0.984. The Kier molecular flexibility index (Phi) is 2.69. The third-order valence-corrected chi connectivity index (χ3v) is 5.53. The van der Waals surface area contributed by atoms with Gasteiger partial charge in [0.25, 0.3) is 0 Å². The van der Waals surface area contributed by atoms with Gasteiger partial charge in [-0.15, -0.1) is 0 Å². The van der Waals surface area contributed by atoms with Crippen LogP contribution in [0.15, 0.2) is 0 Å². The van der Waals surface area contributed by atoms with Crippen LogP contribution in [-0.4, -0.2) is 26.2 Å². The van der Waals surface area contributed by atoms with Gasteiger partial charge < -0.3 is 0 Å². The van der Waals surface area contributed by atoms with E-state index in [1.54, 1.807) is 0 Å². The van der Waals surface area contributed by atoms with Gasteiger partial charge in [-0.05, 0) is 30.1 Å². The highest BCUT2D eigenvalue weighted by Gasteiger charge is 2.53. The Hall–Kier alpha value is -0.380. The van der Waals surface area contributed by atoms with Crippen LogP contribution in [0.5, 0.6) is 0 Å². The van der Waals surface area contributed by atoms with Crippen LogP contribution >= 0.6 is 0 Å². The van der Waals surface area contributed by atoms with Gasteiger partial charge in [-0.2, -0.15) is 0 Å². The quantitative estimate of drug-likeness (QED) is 0.742. The predicted octanol–water partition coefficient (Wildman–Crippen LogP) is 1.67. The Morgan fingerprint density at radius 1 is 1.31 bits per heavy atom. The number of rotatable bonds is 2. The summed E-state index contributed by atoms with van der Waals surface area (Å²) in [6.45, 7) is 4.13. The zero-order valence-electron chi connectivity index (χ0n) is 10.2. The first-order chi connectivity index (χ1) is 7.22. The number of ketones is 1. The molecule has 2 rings (SSSR count). The molecule has 0 aromatic rings. The highest BCUT2D eigenvalue weighted by molar-refractivity contribution is 7.90. The highest BCUT2D eigenvalue weighted by Crippen LogP contribution is 2.55. The maximum Gasteiger partial charge on any atom is 0.148 e. The van der Waals surface area contributed by atoms with Gasteiger partial charge in [-0.1, -0.05) is 13.8 Å². The number of hydrogen-bond donors (Lipinski definition) is 0. The molecule has 16 heavy (non-hydrogen) atoms. The molecule has 2 aliphatic carbocycles. The van der Waals surface area contributed by atoms with Crippen LogP contribution in [0.25, 0.3) is 0 Å². The molecule has 2 aliphatic rings. The van der Waals surface area contributed by atoms with Crippen molar-refractivity contribution in [2.24, 2.45) is 23.2 Å². The third kappa shape index (κ3) is 1.92. The van der Waals surface area contributed by atoms with Crippen molar-refractivity contribution in [2.45, 2.75) is 33.1 Å². The van der Waals surface area contributed by atoms with Gasteiger partial charge in [0.15, 0.2) is 0 Å². The largest absolute Gasteiger partial charge is 0.299 e. The minimum atomic E-state index is -3.07. The second-order valence-electron chi connectivity index (χ2n) is 6.08. The summed E-state index contributed by atoms with van der Waals surface area (Å²) < 4.78 is 22.8. The minimum Gasteiger partial charge on any atom is -0.299 e. The average molecular weight is 244 g/mol. The van der Waals surface area contributed by atoms with E-state index in [-0.39, 0.29) is 22.9 Å². The fourth-order valence-electron chi connectivity index (χ4n) is 3.48. The molecular formula is C12H20O3S. The summed E-state index contributed by atoms with van der Waals surface area (Å²) in [5.41, 5.74) is -0.138. The molecule has 0 bridgehead atoms. The van der Waals surface area contributed by atoms with Crippen molar-refractivity contribution in [2.75, 3.05) is 12.0 Å². The van der Waals surface area contributed by atoms with Crippen molar-refractivity contribution < 1.29 is 13.2 Å². The molecule has 0 aromatic carbocycles. The summed E-state index contributed by atoms with van der Waals surface area (Å²) in [6.07, 6.45) is 4.13. The Morgan fingerprint density at radius 3 is 2.38 bits per heavy atom. The molecule has 3 unspecified atom stereocenters. The van der Waals surface area contributed by atoms with Gasteiger partial charge in [0.05, 0.1) is 5.75 Å². The van der Waals surface area contributed by atoms with E-state index in [9.17, 15) is 13.2 Å². The Balaban J connectivity index is 2.25. The average Bonchev–Trinajstić information content (AvgIpc) is 2.03. The molecule has 3 atom stereocenters. The molecule has 0 amide bonds. The third-order valence-electron chi connectivity index (χ3n) is 4.59. The maximum atomic E-state index is 12.0. The van der Waals surface area contributed by atoms with Crippen LogP contribution in [0.4, 0.5) is 0 Å². The SMILES string of the molecule is CC1(C)C(CS(C)(=O)=O)C(=O)CC2CCC21. The minimum absolute atomic E-state index is 0.0298. The normalized spacial score (nSPS) is 37.7. The first kappa shape index (κ1) is 12.1. The number of carbonyl (C=O) groups excluding carboxylic acids is 1. The van der Waals surface area contributed by atoms with E-state index in [1.165, 1.54) is 6.26 Å². The van der Waals surface area contributed by atoms with E-state index >= 15 is 0 Å². The summed E-state index contributed by atoms with van der Waals surface area (Å²) in [4.78, 5) is 12.0. The summed E-state index contributed by atoms with van der Waals surface area (Å²) >= 11 is 0. The van der Waals surface area contributed by atoms with Gasteiger partial charge in [-0.3, -0.25) is 4.79 Å². The van der Waals surface area contributed by atoms with Gasteiger partial charge in [0.1, 0.15) is 15.6 Å². The molecule has 0 heterocycles. The number of sulfone groups is 1. The van der Waals surface area contributed by atoms with Gasteiger partial charge in [-0.25, -0.2) is 8.42 Å². The highest BCUT2D eigenvalue weighted by atomic mass is 32.2. The molecule has 0 aromatic heterocycles. The van der Waals surface area contributed by atoms with E-state index in [2.05, 4.69) is 13.8 Å². The summed E-state index contributed by atoms with van der Waals surface area (Å²) in [6, 6.07) is 0. The lowest BCUT2D eigenvalue weighted by molar-refractivity contribution is -0.141. The number of fused-ring (bicyclic) bond motifs is 1. The molecule has 3 nitrogen and oxygen atoms in total. The zero-order chi connectivity index (χ0) is 12.1. The molecule has 2 saturated carbocycles. The van der Waals surface area contributed by atoms with Crippen molar-refractivity contribution >= 4 is 15.6 Å².